The Labute approximate surface area is 205 Å². The summed E-state index contributed by atoms with van der Waals surface area (Å²) < 4.78 is 5.59. The molecule has 0 heterocycles. The number of fused-ring (bicyclic) bond motifs is 3. The topological polar surface area (TPSA) is 105 Å². The van der Waals surface area contributed by atoms with Crippen LogP contribution in [0, 0.1) is 17.3 Å². The average Bonchev–Trinajstić information content (AvgIpc) is 3.61. The van der Waals surface area contributed by atoms with Crippen LogP contribution < -0.4 is 10.6 Å². The number of carboxylic acid groups (broad SMARTS) is 1. The Morgan fingerprint density at radius 1 is 0.914 bits per heavy atom. The highest BCUT2D eigenvalue weighted by atomic mass is 16.5. The first-order valence-electron chi connectivity index (χ1n) is 12.6. The number of hydrogen-bond donors (Lipinski definition) is 3. The molecule has 2 atom stereocenters. The van der Waals surface area contributed by atoms with Crippen LogP contribution in [0.5, 0.6) is 0 Å². The number of hydrogen-bond acceptors (Lipinski definition) is 4. The molecule has 2 amide bonds. The van der Waals surface area contributed by atoms with Crippen LogP contribution in [0.2, 0.25) is 0 Å². The maximum atomic E-state index is 12.8. The Kier molecular flexibility index (Phi) is 6.50. The third kappa shape index (κ3) is 4.77. The first kappa shape index (κ1) is 23.4. The molecule has 0 saturated heterocycles. The number of carbonyl (C=O) groups excluding carboxylic acids is 2. The molecule has 2 saturated carbocycles. The fraction of sp³-hybridized carbons (Fsp3) is 0.464. The van der Waals surface area contributed by atoms with Crippen molar-refractivity contribution < 1.29 is 24.2 Å². The van der Waals surface area contributed by atoms with Crippen molar-refractivity contribution in [2.45, 2.75) is 44.4 Å². The van der Waals surface area contributed by atoms with Gasteiger partial charge in [0, 0.05) is 19.0 Å². The van der Waals surface area contributed by atoms with Gasteiger partial charge in [0.25, 0.3) is 0 Å². The number of rotatable bonds is 8. The molecule has 0 aliphatic heterocycles. The van der Waals surface area contributed by atoms with Crippen LogP contribution in [-0.4, -0.2) is 42.8 Å². The van der Waals surface area contributed by atoms with E-state index in [9.17, 15) is 19.5 Å². The van der Waals surface area contributed by atoms with Gasteiger partial charge in [-0.25, -0.2) is 4.79 Å². The number of ether oxygens (including phenoxy) is 1. The van der Waals surface area contributed by atoms with E-state index in [1.807, 2.05) is 24.3 Å². The van der Waals surface area contributed by atoms with Gasteiger partial charge < -0.3 is 20.5 Å². The first-order chi connectivity index (χ1) is 17.0. The van der Waals surface area contributed by atoms with Crippen LogP contribution in [0.4, 0.5) is 4.79 Å². The third-order valence-electron chi connectivity index (χ3n) is 8.00. The predicted octanol–water partition coefficient (Wildman–Crippen LogP) is 4.31. The van der Waals surface area contributed by atoms with Crippen molar-refractivity contribution in [1.29, 1.82) is 0 Å². The maximum absolute atomic E-state index is 12.8. The largest absolute Gasteiger partial charge is 0.481 e. The Bertz CT molecular complexity index is 1080. The molecule has 2 aromatic carbocycles. The smallest absolute Gasteiger partial charge is 0.407 e. The molecule has 3 aliphatic carbocycles. The standard InChI is InChI=1S/C28H32N2O5/c31-25(32)19-8-2-1-7-18(19)15-29-26(33)28(13-14-28)17-30-27(34)35-16-24-22-11-5-3-9-20(22)21-10-4-6-12-23(21)24/h3-6,9-12,18-19,24H,1-2,7-8,13-17H2,(H,29,33)(H,30,34)(H,31,32)/t18-,19-/m1/s1. The van der Waals surface area contributed by atoms with E-state index in [1.54, 1.807) is 0 Å². The molecule has 0 radical (unpaired) electrons. The molecule has 7 heteroatoms. The highest BCUT2D eigenvalue weighted by Gasteiger charge is 2.50. The van der Waals surface area contributed by atoms with Crippen LogP contribution >= 0.6 is 0 Å². The molecule has 3 aliphatic rings. The maximum Gasteiger partial charge on any atom is 0.407 e. The number of nitrogens with one attached hydrogen (secondary N) is 2. The molecule has 0 spiro atoms. The van der Waals surface area contributed by atoms with Crippen LogP contribution in [0.3, 0.4) is 0 Å². The minimum Gasteiger partial charge on any atom is -0.481 e. The number of alkyl carbamates (subject to hydrolysis) is 1. The lowest BCUT2D eigenvalue weighted by Crippen LogP contribution is -2.44. The van der Waals surface area contributed by atoms with Crippen LogP contribution in [0.1, 0.15) is 55.6 Å². The molecule has 0 bridgehead atoms. The van der Waals surface area contributed by atoms with Crippen LogP contribution in [-0.2, 0) is 14.3 Å². The normalized spacial score (nSPS) is 21.9. The molecule has 5 rings (SSSR count). The SMILES string of the molecule is O=C(NCC1(C(=O)NC[C@H]2CCCC[C@H]2C(=O)O)CC1)OCC1c2ccccc2-c2ccccc21. The number of carboxylic acids is 1. The summed E-state index contributed by atoms with van der Waals surface area (Å²) in [6, 6.07) is 16.4. The summed E-state index contributed by atoms with van der Waals surface area (Å²) >= 11 is 0. The summed E-state index contributed by atoms with van der Waals surface area (Å²) in [5.41, 5.74) is 4.05. The van der Waals surface area contributed by atoms with Gasteiger partial charge >= 0.3 is 12.1 Å². The zero-order chi connectivity index (χ0) is 24.4. The van der Waals surface area contributed by atoms with Gasteiger partial charge in [-0.15, -0.1) is 0 Å². The van der Waals surface area contributed by atoms with E-state index in [4.69, 9.17) is 4.74 Å². The fourth-order valence-electron chi connectivity index (χ4n) is 5.71. The Balaban J connectivity index is 1.12. The predicted molar refractivity (Wildman–Crippen MR) is 131 cm³/mol. The van der Waals surface area contributed by atoms with Gasteiger partial charge in [-0.3, -0.25) is 9.59 Å². The molecule has 0 aromatic heterocycles. The highest BCUT2D eigenvalue weighted by molar-refractivity contribution is 5.86. The van der Waals surface area contributed by atoms with Crippen molar-refractivity contribution in [1.82, 2.24) is 10.6 Å². The summed E-state index contributed by atoms with van der Waals surface area (Å²) in [5.74, 6) is -1.31. The minimum absolute atomic E-state index is 0.0102. The van der Waals surface area contributed by atoms with Gasteiger partial charge in [-0.1, -0.05) is 61.4 Å². The zero-order valence-electron chi connectivity index (χ0n) is 19.8. The summed E-state index contributed by atoms with van der Waals surface area (Å²) in [7, 11) is 0. The molecule has 3 N–H and O–H groups in total. The molecular formula is C28H32N2O5. The van der Waals surface area contributed by atoms with E-state index in [0.29, 0.717) is 25.8 Å². The summed E-state index contributed by atoms with van der Waals surface area (Å²) in [6.07, 6.45) is 4.30. The quantitative estimate of drug-likeness (QED) is 0.527. The minimum atomic E-state index is -0.776. The van der Waals surface area contributed by atoms with Crippen molar-refractivity contribution in [3.8, 4) is 11.1 Å². The summed E-state index contributed by atoms with van der Waals surface area (Å²) in [5, 5.41) is 15.2. The third-order valence-corrected chi connectivity index (χ3v) is 8.00. The zero-order valence-corrected chi connectivity index (χ0v) is 19.8. The summed E-state index contributed by atoms with van der Waals surface area (Å²) in [6.45, 7) is 0.836. The average molecular weight is 477 g/mol. The molecular weight excluding hydrogens is 444 g/mol. The number of amides is 2. The highest BCUT2D eigenvalue weighted by Crippen LogP contribution is 2.46. The monoisotopic (exact) mass is 476 g/mol. The summed E-state index contributed by atoms with van der Waals surface area (Å²) in [4.78, 5) is 36.9. The second-order valence-corrected chi connectivity index (χ2v) is 10.2. The lowest BCUT2D eigenvalue weighted by molar-refractivity contribution is -0.145. The van der Waals surface area contributed by atoms with E-state index in [1.165, 1.54) is 11.1 Å². The Morgan fingerprint density at radius 2 is 1.54 bits per heavy atom. The van der Waals surface area contributed by atoms with E-state index < -0.39 is 23.4 Å². The lowest BCUT2D eigenvalue weighted by atomic mass is 9.79. The lowest BCUT2D eigenvalue weighted by Gasteiger charge is -2.29. The van der Waals surface area contributed by atoms with Crippen molar-refractivity contribution in [2.75, 3.05) is 19.7 Å². The van der Waals surface area contributed by atoms with Gasteiger partial charge in [0.2, 0.25) is 5.91 Å². The first-order valence-corrected chi connectivity index (χ1v) is 12.6. The van der Waals surface area contributed by atoms with Crippen LogP contribution in [0.15, 0.2) is 48.5 Å². The molecule has 184 valence electrons. The van der Waals surface area contributed by atoms with Crippen LogP contribution in [0.25, 0.3) is 11.1 Å². The van der Waals surface area contributed by atoms with E-state index >= 15 is 0 Å². The molecule has 35 heavy (non-hydrogen) atoms. The fourth-order valence-corrected chi connectivity index (χ4v) is 5.71. The second kappa shape index (κ2) is 9.72. The van der Waals surface area contributed by atoms with Crippen molar-refractivity contribution >= 4 is 18.0 Å². The van der Waals surface area contributed by atoms with Gasteiger partial charge in [-0.2, -0.15) is 0 Å². The van der Waals surface area contributed by atoms with Crippen molar-refractivity contribution in [3.63, 3.8) is 0 Å². The molecule has 0 unspecified atom stereocenters. The van der Waals surface area contributed by atoms with Crippen molar-refractivity contribution in [3.05, 3.63) is 59.7 Å². The van der Waals surface area contributed by atoms with Crippen molar-refractivity contribution in [2.24, 2.45) is 17.3 Å². The number of benzene rings is 2. The van der Waals surface area contributed by atoms with Gasteiger partial charge in [0.05, 0.1) is 11.3 Å². The van der Waals surface area contributed by atoms with Gasteiger partial charge in [-0.05, 0) is 53.9 Å². The van der Waals surface area contributed by atoms with Gasteiger partial charge in [0.15, 0.2) is 0 Å². The van der Waals surface area contributed by atoms with E-state index in [2.05, 4.69) is 34.9 Å². The number of carbonyl (C=O) groups is 3. The van der Waals surface area contributed by atoms with E-state index in [0.717, 1.165) is 30.4 Å². The molecule has 2 fully saturated rings. The number of aliphatic carboxylic acids is 1. The van der Waals surface area contributed by atoms with Gasteiger partial charge in [0.1, 0.15) is 6.61 Å². The molecule has 2 aromatic rings. The Hall–Kier alpha value is -3.35. The van der Waals surface area contributed by atoms with E-state index in [-0.39, 0.29) is 30.9 Å². The second-order valence-electron chi connectivity index (χ2n) is 10.2. The molecule has 7 nitrogen and oxygen atoms in total. The Morgan fingerprint density at radius 3 is 2.17 bits per heavy atom.